The Morgan fingerprint density at radius 2 is 1.96 bits per heavy atom. The van der Waals surface area contributed by atoms with Crippen molar-refractivity contribution in [2.75, 3.05) is 19.6 Å². The van der Waals surface area contributed by atoms with Crippen LogP contribution in [-0.2, 0) is 4.79 Å². The highest BCUT2D eigenvalue weighted by atomic mass is 16.5. The van der Waals surface area contributed by atoms with Gasteiger partial charge in [-0.2, -0.15) is 0 Å². The van der Waals surface area contributed by atoms with Crippen LogP contribution in [0, 0.1) is 0 Å². The van der Waals surface area contributed by atoms with Crippen molar-refractivity contribution < 1.29 is 9.53 Å². The first-order valence-electron chi connectivity index (χ1n) is 9.10. The maximum Gasteiger partial charge on any atom is 0.121 e. The van der Waals surface area contributed by atoms with E-state index >= 15 is 0 Å². The van der Waals surface area contributed by atoms with Gasteiger partial charge >= 0.3 is 0 Å². The molecule has 1 saturated heterocycles. The number of rotatable bonds is 6. The normalized spacial score (nSPS) is 17.5. The standard InChI is InChI=1S/C22H22N2O2/c25-14-2-12-24-13-10-21(16-24)26-20-8-6-17(7-9-20)19-5-4-18-3-1-11-23-22(18)15-19/h1,3-9,11,14-15,21H,2,10,12-13,16H2/t21-/m0/s1. The summed E-state index contributed by atoms with van der Waals surface area (Å²) in [6, 6.07) is 18.6. The van der Waals surface area contributed by atoms with Crippen molar-refractivity contribution in [2.24, 2.45) is 0 Å². The molecule has 0 aliphatic carbocycles. The molecular weight excluding hydrogens is 324 g/mol. The van der Waals surface area contributed by atoms with Gasteiger partial charge in [0.25, 0.3) is 0 Å². The summed E-state index contributed by atoms with van der Waals surface area (Å²) in [6.07, 6.45) is 4.62. The van der Waals surface area contributed by atoms with Crippen molar-refractivity contribution in [3.05, 3.63) is 60.8 Å². The second kappa shape index (κ2) is 7.67. The van der Waals surface area contributed by atoms with Crippen molar-refractivity contribution in [3.8, 4) is 16.9 Å². The summed E-state index contributed by atoms with van der Waals surface area (Å²) in [4.78, 5) is 17.2. The zero-order chi connectivity index (χ0) is 17.8. The molecule has 132 valence electrons. The highest BCUT2D eigenvalue weighted by Crippen LogP contribution is 2.26. The number of pyridine rings is 1. The summed E-state index contributed by atoms with van der Waals surface area (Å²) >= 11 is 0. The first kappa shape index (κ1) is 16.7. The van der Waals surface area contributed by atoms with Crippen LogP contribution in [0.15, 0.2) is 60.8 Å². The van der Waals surface area contributed by atoms with Crippen LogP contribution in [0.1, 0.15) is 12.8 Å². The second-order valence-corrected chi connectivity index (χ2v) is 6.72. The molecule has 1 aromatic heterocycles. The number of fused-ring (bicyclic) bond motifs is 1. The molecule has 1 aliphatic rings. The fourth-order valence-corrected chi connectivity index (χ4v) is 3.50. The smallest absolute Gasteiger partial charge is 0.121 e. The lowest BCUT2D eigenvalue weighted by atomic mass is 10.0. The SMILES string of the molecule is O=CCCN1CC[C@H](Oc2ccc(-c3ccc4cccnc4c3)cc2)C1. The van der Waals surface area contributed by atoms with E-state index in [9.17, 15) is 4.79 Å². The lowest BCUT2D eigenvalue weighted by molar-refractivity contribution is -0.108. The average molecular weight is 346 g/mol. The molecule has 0 saturated carbocycles. The van der Waals surface area contributed by atoms with Crippen LogP contribution in [0.2, 0.25) is 0 Å². The molecule has 4 rings (SSSR count). The Labute approximate surface area is 153 Å². The van der Waals surface area contributed by atoms with Gasteiger partial charge in [-0.05, 0) is 41.8 Å². The topological polar surface area (TPSA) is 42.4 Å². The number of aromatic nitrogens is 1. The van der Waals surface area contributed by atoms with E-state index in [1.54, 1.807) is 0 Å². The van der Waals surface area contributed by atoms with Crippen LogP contribution in [0.3, 0.4) is 0 Å². The minimum atomic E-state index is 0.206. The molecule has 0 radical (unpaired) electrons. The monoisotopic (exact) mass is 346 g/mol. The van der Waals surface area contributed by atoms with E-state index in [-0.39, 0.29) is 6.10 Å². The molecule has 2 heterocycles. The van der Waals surface area contributed by atoms with E-state index in [1.807, 2.05) is 24.4 Å². The molecule has 1 aliphatic heterocycles. The van der Waals surface area contributed by atoms with Crippen LogP contribution < -0.4 is 4.74 Å². The van der Waals surface area contributed by atoms with Crippen molar-refractivity contribution in [3.63, 3.8) is 0 Å². The molecular formula is C22H22N2O2. The molecule has 4 heteroatoms. The van der Waals surface area contributed by atoms with Crippen molar-refractivity contribution in [1.29, 1.82) is 0 Å². The van der Waals surface area contributed by atoms with E-state index in [2.05, 4.69) is 46.3 Å². The molecule has 2 aromatic carbocycles. The van der Waals surface area contributed by atoms with Gasteiger partial charge in [0.05, 0.1) is 5.52 Å². The van der Waals surface area contributed by atoms with Crippen molar-refractivity contribution >= 4 is 17.2 Å². The van der Waals surface area contributed by atoms with E-state index in [4.69, 9.17) is 4.74 Å². The Balaban J connectivity index is 1.42. The first-order valence-corrected chi connectivity index (χ1v) is 9.10. The molecule has 0 N–H and O–H groups in total. The zero-order valence-corrected chi connectivity index (χ0v) is 14.7. The van der Waals surface area contributed by atoms with E-state index in [1.165, 1.54) is 0 Å². The number of nitrogens with zero attached hydrogens (tertiary/aromatic N) is 2. The Morgan fingerprint density at radius 1 is 1.12 bits per heavy atom. The van der Waals surface area contributed by atoms with Crippen LogP contribution in [0.25, 0.3) is 22.0 Å². The molecule has 0 amide bonds. The van der Waals surface area contributed by atoms with Gasteiger partial charge in [-0.15, -0.1) is 0 Å². The molecule has 1 fully saturated rings. The minimum Gasteiger partial charge on any atom is -0.489 e. The first-order chi connectivity index (χ1) is 12.8. The third-order valence-electron chi connectivity index (χ3n) is 4.89. The second-order valence-electron chi connectivity index (χ2n) is 6.72. The van der Waals surface area contributed by atoms with E-state index < -0.39 is 0 Å². The number of hydrogen-bond donors (Lipinski definition) is 0. The maximum atomic E-state index is 10.5. The summed E-state index contributed by atoms with van der Waals surface area (Å²) in [7, 11) is 0. The highest BCUT2D eigenvalue weighted by Gasteiger charge is 2.23. The summed E-state index contributed by atoms with van der Waals surface area (Å²) in [5, 5.41) is 1.15. The van der Waals surface area contributed by atoms with Gasteiger partial charge in [0.2, 0.25) is 0 Å². The van der Waals surface area contributed by atoms with Crippen molar-refractivity contribution in [2.45, 2.75) is 18.9 Å². The van der Waals surface area contributed by atoms with Crippen LogP contribution >= 0.6 is 0 Å². The number of benzene rings is 2. The average Bonchev–Trinajstić information content (AvgIpc) is 3.14. The minimum absolute atomic E-state index is 0.206. The molecule has 4 nitrogen and oxygen atoms in total. The Hall–Kier alpha value is -2.72. The van der Waals surface area contributed by atoms with Gasteiger partial charge in [0, 0.05) is 37.6 Å². The predicted molar refractivity (Wildman–Crippen MR) is 103 cm³/mol. The Morgan fingerprint density at radius 3 is 2.81 bits per heavy atom. The number of carbonyl (C=O) groups excluding carboxylic acids is 1. The molecule has 0 bridgehead atoms. The quantitative estimate of drug-likeness (QED) is 0.634. The van der Waals surface area contributed by atoms with Gasteiger partial charge in [0.15, 0.2) is 0 Å². The summed E-state index contributed by atoms with van der Waals surface area (Å²) in [6.45, 7) is 2.73. The Kier molecular flexibility index (Phi) is 4.93. The molecule has 26 heavy (non-hydrogen) atoms. The van der Waals surface area contributed by atoms with Gasteiger partial charge in [-0.3, -0.25) is 9.88 Å². The number of likely N-dealkylation sites (tertiary alicyclic amines) is 1. The van der Waals surface area contributed by atoms with Gasteiger partial charge in [0.1, 0.15) is 18.1 Å². The lowest BCUT2D eigenvalue weighted by Crippen LogP contribution is -2.25. The fraction of sp³-hybridized carbons (Fsp3) is 0.273. The molecule has 3 aromatic rings. The third-order valence-corrected chi connectivity index (χ3v) is 4.89. The van der Waals surface area contributed by atoms with Crippen LogP contribution in [-0.4, -0.2) is 41.9 Å². The predicted octanol–water partition coefficient (Wildman–Crippen LogP) is 3.94. The lowest BCUT2D eigenvalue weighted by Gasteiger charge is -2.16. The number of aldehydes is 1. The summed E-state index contributed by atoms with van der Waals surface area (Å²) in [5.41, 5.74) is 3.32. The summed E-state index contributed by atoms with van der Waals surface area (Å²) in [5.74, 6) is 0.898. The van der Waals surface area contributed by atoms with E-state index in [0.29, 0.717) is 6.42 Å². The number of hydrogen-bond acceptors (Lipinski definition) is 4. The van der Waals surface area contributed by atoms with Gasteiger partial charge in [-0.25, -0.2) is 0 Å². The Bertz CT molecular complexity index is 892. The largest absolute Gasteiger partial charge is 0.489 e. The zero-order valence-electron chi connectivity index (χ0n) is 14.7. The molecule has 0 spiro atoms. The molecule has 1 atom stereocenters. The number of carbonyl (C=O) groups is 1. The van der Waals surface area contributed by atoms with Crippen molar-refractivity contribution in [1.82, 2.24) is 9.88 Å². The van der Waals surface area contributed by atoms with Gasteiger partial charge < -0.3 is 9.53 Å². The highest BCUT2D eigenvalue weighted by molar-refractivity contribution is 5.84. The van der Waals surface area contributed by atoms with Crippen LogP contribution in [0.5, 0.6) is 5.75 Å². The molecule has 0 unspecified atom stereocenters. The number of ether oxygens (including phenoxy) is 1. The van der Waals surface area contributed by atoms with Gasteiger partial charge in [-0.1, -0.05) is 30.3 Å². The third kappa shape index (κ3) is 3.75. The van der Waals surface area contributed by atoms with Crippen LogP contribution in [0.4, 0.5) is 0 Å². The summed E-state index contributed by atoms with van der Waals surface area (Å²) < 4.78 is 6.10. The van der Waals surface area contributed by atoms with E-state index in [0.717, 1.165) is 60.1 Å². The maximum absolute atomic E-state index is 10.5. The fourth-order valence-electron chi connectivity index (χ4n) is 3.50.